The number of carbonyl (C=O) groups excluding carboxylic acids is 1. The summed E-state index contributed by atoms with van der Waals surface area (Å²) in [5.41, 5.74) is 5.50. The number of carbonyl (C=O) groups is 1. The van der Waals surface area contributed by atoms with Gasteiger partial charge in [-0.1, -0.05) is 5.92 Å². The van der Waals surface area contributed by atoms with Crippen LogP contribution in [0.5, 0.6) is 0 Å². The molecule has 1 amide bonds. The number of nitrogens with one attached hydrogen (secondary N) is 1. The fourth-order valence-electron chi connectivity index (χ4n) is 0.869. The van der Waals surface area contributed by atoms with Gasteiger partial charge in [-0.05, 0) is 12.8 Å². The van der Waals surface area contributed by atoms with Gasteiger partial charge in [-0.25, -0.2) is 0 Å². The Balaban J connectivity index is 2.17. The van der Waals surface area contributed by atoms with Crippen molar-refractivity contribution in [3.05, 3.63) is 0 Å². The first-order valence-electron chi connectivity index (χ1n) is 3.65. The maximum Gasteiger partial charge on any atom is 0.222 e. The Bertz CT molecular complexity index is 201. The predicted molar refractivity (Wildman–Crippen MR) is 42.6 cm³/mol. The number of amides is 1. The van der Waals surface area contributed by atoms with E-state index in [-0.39, 0.29) is 11.4 Å². The zero-order chi connectivity index (χ0) is 8.32. The first kappa shape index (κ1) is 8.09. The molecule has 11 heavy (non-hydrogen) atoms. The fraction of sp³-hybridized carbons (Fsp3) is 0.625. The Morgan fingerprint density at radius 3 is 2.82 bits per heavy atom. The zero-order valence-electron chi connectivity index (χ0n) is 6.39. The number of hydrogen-bond donors (Lipinski definition) is 2. The van der Waals surface area contributed by atoms with E-state index in [2.05, 4.69) is 11.2 Å². The molecule has 0 aliphatic heterocycles. The minimum Gasteiger partial charge on any atom is -0.345 e. The third kappa shape index (κ3) is 2.60. The summed E-state index contributed by atoms with van der Waals surface area (Å²) in [4.78, 5) is 11.0. The molecule has 0 atom stereocenters. The molecule has 60 valence electrons. The molecule has 1 aliphatic rings. The van der Waals surface area contributed by atoms with Gasteiger partial charge in [0.1, 0.15) is 0 Å². The van der Waals surface area contributed by atoms with Crippen LogP contribution in [0.2, 0.25) is 0 Å². The molecule has 3 nitrogen and oxygen atoms in total. The highest BCUT2D eigenvalue weighted by Crippen LogP contribution is 2.35. The van der Waals surface area contributed by atoms with E-state index in [1.807, 2.05) is 0 Å². The van der Waals surface area contributed by atoms with Gasteiger partial charge in [0.05, 0.1) is 6.54 Å². The molecule has 0 aromatic rings. The summed E-state index contributed by atoms with van der Waals surface area (Å²) in [5.74, 6) is 2.29. The predicted octanol–water partition coefficient (Wildman–Crippen LogP) is -0.383. The highest BCUT2D eigenvalue weighted by atomic mass is 16.1. The average Bonchev–Trinajstić information content (AvgIpc) is 2.63. The van der Waals surface area contributed by atoms with E-state index in [0.29, 0.717) is 13.0 Å². The summed E-state index contributed by atoms with van der Waals surface area (Å²) in [7, 11) is 0. The van der Waals surface area contributed by atoms with Crippen LogP contribution in [0.3, 0.4) is 0 Å². The van der Waals surface area contributed by atoms with Crippen LogP contribution < -0.4 is 11.1 Å². The van der Waals surface area contributed by atoms with Crippen LogP contribution in [-0.4, -0.2) is 18.0 Å². The number of rotatable bonds is 3. The Morgan fingerprint density at radius 1 is 1.73 bits per heavy atom. The largest absolute Gasteiger partial charge is 0.345 e. The van der Waals surface area contributed by atoms with Crippen molar-refractivity contribution >= 4 is 5.91 Å². The highest BCUT2D eigenvalue weighted by Gasteiger charge is 2.39. The molecule has 0 saturated heterocycles. The number of nitrogens with two attached hydrogens (primary N) is 1. The van der Waals surface area contributed by atoms with E-state index < -0.39 is 0 Å². The SMILES string of the molecule is C#CCNC(=O)CC1(N)CC1. The first-order chi connectivity index (χ1) is 5.16. The van der Waals surface area contributed by atoms with Gasteiger partial charge in [0, 0.05) is 12.0 Å². The van der Waals surface area contributed by atoms with Crippen LogP contribution in [0.4, 0.5) is 0 Å². The molecule has 0 heterocycles. The molecule has 0 radical (unpaired) electrons. The van der Waals surface area contributed by atoms with Crippen LogP contribution in [0, 0.1) is 12.3 Å². The second-order valence-electron chi connectivity index (χ2n) is 3.02. The van der Waals surface area contributed by atoms with Crippen molar-refractivity contribution < 1.29 is 4.79 Å². The molecule has 0 spiro atoms. The highest BCUT2D eigenvalue weighted by molar-refractivity contribution is 5.77. The maximum absolute atomic E-state index is 11.0. The van der Waals surface area contributed by atoms with Gasteiger partial charge in [-0.15, -0.1) is 6.42 Å². The maximum atomic E-state index is 11.0. The van der Waals surface area contributed by atoms with Crippen LogP contribution >= 0.6 is 0 Å². The average molecular weight is 152 g/mol. The lowest BCUT2D eigenvalue weighted by atomic mass is 10.2. The molecule has 0 bridgehead atoms. The lowest BCUT2D eigenvalue weighted by molar-refractivity contribution is -0.121. The van der Waals surface area contributed by atoms with Crippen LogP contribution in [0.15, 0.2) is 0 Å². The Hall–Kier alpha value is -1.01. The minimum absolute atomic E-state index is 0.0389. The molecule has 1 rings (SSSR count). The Morgan fingerprint density at radius 2 is 2.36 bits per heavy atom. The van der Waals surface area contributed by atoms with Gasteiger partial charge < -0.3 is 11.1 Å². The third-order valence-corrected chi connectivity index (χ3v) is 1.79. The van der Waals surface area contributed by atoms with Crippen molar-refractivity contribution in [3.8, 4) is 12.3 Å². The second kappa shape index (κ2) is 2.93. The van der Waals surface area contributed by atoms with E-state index in [0.717, 1.165) is 12.8 Å². The van der Waals surface area contributed by atoms with Crippen molar-refractivity contribution in [3.63, 3.8) is 0 Å². The second-order valence-corrected chi connectivity index (χ2v) is 3.02. The smallest absolute Gasteiger partial charge is 0.222 e. The van der Waals surface area contributed by atoms with E-state index in [4.69, 9.17) is 12.2 Å². The van der Waals surface area contributed by atoms with Crippen molar-refractivity contribution in [2.45, 2.75) is 24.8 Å². The monoisotopic (exact) mass is 152 g/mol. The zero-order valence-corrected chi connectivity index (χ0v) is 6.39. The van der Waals surface area contributed by atoms with E-state index in [1.54, 1.807) is 0 Å². The molecule has 1 aliphatic carbocycles. The van der Waals surface area contributed by atoms with E-state index in [9.17, 15) is 4.79 Å². The van der Waals surface area contributed by atoms with Gasteiger partial charge >= 0.3 is 0 Å². The fourth-order valence-corrected chi connectivity index (χ4v) is 0.869. The molecule has 3 heteroatoms. The van der Waals surface area contributed by atoms with Crippen LogP contribution in [0.25, 0.3) is 0 Å². The van der Waals surface area contributed by atoms with Gasteiger partial charge in [0.25, 0.3) is 0 Å². The molecular weight excluding hydrogens is 140 g/mol. The summed E-state index contributed by atoms with van der Waals surface area (Å²) in [6, 6.07) is 0. The van der Waals surface area contributed by atoms with Crippen LogP contribution in [0.1, 0.15) is 19.3 Å². The molecule has 0 aromatic heterocycles. The Labute approximate surface area is 66.3 Å². The normalized spacial score (nSPS) is 18.5. The quantitative estimate of drug-likeness (QED) is 0.541. The molecule has 1 fully saturated rings. The lowest BCUT2D eigenvalue weighted by Crippen LogP contribution is -2.33. The van der Waals surface area contributed by atoms with Crippen molar-refractivity contribution in [2.75, 3.05) is 6.54 Å². The molecule has 0 unspecified atom stereocenters. The van der Waals surface area contributed by atoms with Gasteiger partial charge in [0.15, 0.2) is 0 Å². The van der Waals surface area contributed by atoms with Gasteiger partial charge in [0.2, 0.25) is 5.91 Å². The third-order valence-electron chi connectivity index (χ3n) is 1.79. The van der Waals surface area contributed by atoms with Gasteiger partial charge in [-0.2, -0.15) is 0 Å². The summed E-state index contributed by atoms with van der Waals surface area (Å²) < 4.78 is 0. The van der Waals surface area contributed by atoms with E-state index in [1.165, 1.54) is 0 Å². The molecular formula is C8H12N2O. The summed E-state index contributed by atoms with van der Waals surface area (Å²) >= 11 is 0. The van der Waals surface area contributed by atoms with Crippen molar-refractivity contribution in [1.29, 1.82) is 0 Å². The summed E-state index contributed by atoms with van der Waals surface area (Å²) in [6.07, 6.45) is 7.28. The van der Waals surface area contributed by atoms with Crippen molar-refractivity contribution in [1.82, 2.24) is 5.32 Å². The topological polar surface area (TPSA) is 55.1 Å². The van der Waals surface area contributed by atoms with Crippen molar-refractivity contribution in [2.24, 2.45) is 5.73 Å². The molecule has 1 saturated carbocycles. The van der Waals surface area contributed by atoms with E-state index >= 15 is 0 Å². The number of hydrogen-bond acceptors (Lipinski definition) is 2. The van der Waals surface area contributed by atoms with Crippen LogP contribution in [-0.2, 0) is 4.79 Å². The number of terminal acetylenes is 1. The first-order valence-corrected chi connectivity index (χ1v) is 3.65. The van der Waals surface area contributed by atoms with Gasteiger partial charge in [-0.3, -0.25) is 4.79 Å². The molecule has 3 N–H and O–H groups in total. The minimum atomic E-state index is -0.210. The lowest BCUT2D eigenvalue weighted by Gasteiger charge is -2.06. The summed E-state index contributed by atoms with van der Waals surface area (Å²) in [5, 5.41) is 2.57. The molecule has 0 aromatic carbocycles. The summed E-state index contributed by atoms with van der Waals surface area (Å²) in [6.45, 7) is 0.301. The standard InChI is InChI=1S/C8H12N2O/c1-2-5-10-7(11)6-8(9)3-4-8/h1H,3-6,9H2,(H,10,11). The Kier molecular flexibility index (Phi) is 2.16.